The van der Waals surface area contributed by atoms with Crippen molar-refractivity contribution in [1.29, 1.82) is 0 Å². The lowest BCUT2D eigenvalue weighted by molar-refractivity contribution is -0.141. The van der Waals surface area contributed by atoms with E-state index in [1.807, 2.05) is 4.90 Å². The molecular weight excluding hydrogens is 244 g/mol. The molecule has 19 heavy (non-hydrogen) atoms. The minimum atomic E-state index is -0.813. The summed E-state index contributed by atoms with van der Waals surface area (Å²) in [6.45, 7) is 8.16. The van der Waals surface area contributed by atoms with E-state index in [9.17, 15) is 9.59 Å². The number of hydrogen-bond acceptors (Lipinski definition) is 2. The number of piperidine rings is 1. The predicted molar refractivity (Wildman–Crippen MR) is 74.0 cm³/mol. The Hall–Kier alpha value is -1.26. The summed E-state index contributed by atoms with van der Waals surface area (Å²) in [4.78, 5) is 24.4. The molecule has 1 heterocycles. The highest BCUT2D eigenvalue weighted by Crippen LogP contribution is 2.24. The van der Waals surface area contributed by atoms with Gasteiger partial charge in [0.05, 0.1) is 5.92 Å². The zero-order valence-electron chi connectivity index (χ0n) is 12.2. The van der Waals surface area contributed by atoms with E-state index in [0.29, 0.717) is 18.9 Å². The standard InChI is InChI=1S/C14H26N2O3/c1-10(2)12-5-8-16(9-6-12)14(19)15-7-4-11(3)13(17)18/h10-12H,4-9H2,1-3H3,(H,15,19)(H,17,18). The largest absolute Gasteiger partial charge is 0.481 e. The fourth-order valence-corrected chi connectivity index (χ4v) is 2.40. The van der Waals surface area contributed by atoms with Crippen LogP contribution in [0.1, 0.15) is 40.0 Å². The maximum absolute atomic E-state index is 11.9. The number of carbonyl (C=O) groups excluding carboxylic acids is 1. The van der Waals surface area contributed by atoms with Crippen molar-refractivity contribution in [2.75, 3.05) is 19.6 Å². The van der Waals surface area contributed by atoms with Gasteiger partial charge in [-0.15, -0.1) is 0 Å². The molecule has 1 aliphatic rings. The molecule has 110 valence electrons. The van der Waals surface area contributed by atoms with Gasteiger partial charge in [-0.3, -0.25) is 4.79 Å². The molecule has 0 spiro atoms. The molecule has 0 saturated carbocycles. The molecule has 1 atom stereocenters. The smallest absolute Gasteiger partial charge is 0.317 e. The van der Waals surface area contributed by atoms with Crippen LogP contribution >= 0.6 is 0 Å². The van der Waals surface area contributed by atoms with E-state index in [1.165, 1.54) is 0 Å². The van der Waals surface area contributed by atoms with E-state index >= 15 is 0 Å². The summed E-state index contributed by atoms with van der Waals surface area (Å²) in [5.74, 6) is 0.177. The molecule has 0 bridgehead atoms. The Morgan fingerprint density at radius 2 is 1.84 bits per heavy atom. The highest BCUT2D eigenvalue weighted by Gasteiger charge is 2.24. The van der Waals surface area contributed by atoms with E-state index in [4.69, 9.17) is 5.11 Å². The number of rotatable bonds is 5. The van der Waals surface area contributed by atoms with Gasteiger partial charge in [0.25, 0.3) is 0 Å². The van der Waals surface area contributed by atoms with Crippen LogP contribution in [0, 0.1) is 17.8 Å². The van der Waals surface area contributed by atoms with Gasteiger partial charge >= 0.3 is 12.0 Å². The van der Waals surface area contributed by atoms with Crippen molar-refractivity contribution in [2.24, 2.45) is 17.8 Å². The molecule has 1 aliphatic heterocycles. The summed E-state index contributed by atoms with van der Waals surface area (Å²) in [6, 6.07) is -0.0557. The predicted octanol–water partition coefficient (Wildman–Crippen LogP) is 2.17. The van der Waals surface area contributed by atoms with Crippen LogP contribution in [-0.4, -0.2) is 41.6 Å². The summed E-state index contributed by atoms with van der Waals surface area (Å²) >= 11 is 0. The van der Waals surface area contributed by atoms with Crippen LogP contribution < -0.4 is 5.32 Å². The molecule has 0 aromatic carbocycles. The second-order valence-electron chi connectivity index (χ2n) is 5.83. The summed E-state index contributed by atoms with van der Waals surface area (Å²) < 4.78 is 0. The number of urea groups is 1. The average molecular weight is 270 g/mol. The third kappa shape index (κ3) is 5.09. The van der Waals surface area contributed by atoms with E-state index in [0.717, 1.165) is 31.8 Å². The van der Waals surface area contributed by atoms with Gasteiger partial charge in [-0.05, 0) is 31.1 Å². The highest BCUT2D eigenvalue weighted by atomic mass is 16.4. The summed E-state index contributed by atoms with van der Waals surface area (Å²) in [7, 11) is 0. The number of hydrogen-bond donors (Lipinski definition) is 2. The highest BCUT2D eigenvalue weighted by molar-refractivity contribution is 5.74. The average Bonchev–Trinajstić information content (AvgIpc) is 2.38. The molecule has 5 nitrogen and oxygen atoms in total. The van der Waals surface area contributed by atoms with Gasteiger partial charge in [0, 0.05) is 19.6 Å². The SMILES string of the molecule is CC(CCNC(=O)N1CCC(C(C)C)CC1)C(=O)O. The van der Waals surface area contributed by atoms with Crippen LogP contribution in [0.15, 0.2) is 0 Å². The Morgan fingerprint density at radius 3 is 2.32 bits per heavy atom. The molecule has 0 radical (unpaired) electrons. The van der Waals surface area contributed by atoms with Crippen molar-refractivity contribution in [2.45, 2.75) is 40.0 Å². The quantitative estimate of drug-likeness (QED) is 0.804. The van der Waals surface area contributed by atoms with Gasteiger partial charge < -0.3 is 15.3 Å². The third-order valence-electron chi connectivity index (χ3n) is 4.04. The van der Waals surface area contributed by atoms with E-state index in [2.05, 4.69) is 19.2 Å². The Bertz CT molecular complexity index is 310. The molecule has 0 aliphatic carbocycles. The minimum Gasteiger partial charge on any atom is -0.481 e. The Morgan fingerprint density at radius 1 is 1.26 bits per heavy atom. The van der Waals surface area contributed by atoms with Gasteiger partial charge in [-0.1, -0.05) is 20.8 Å². The Kier molecular flexibility index (Phi) is 6.12. The lowest BCUT2D eigenvalue weighted by Gasteiger charge is -2.33. The first kappa shape index (κ1) is 15.8. The van der Waals surface area contributed by atoms with Crippen molar-refractivity contribution in [3.63, 3.8) is 0 Å². The molecule has 0 aromatic heterocycles. The second-order valence-corrected chi connectivity index (χ2v) is 5.83. The first-order valence-electron chi connectivity index (χ1n) is 7.17. The fraction of sp³-hybridized carbons (Fsp3) is 0.857. The van der Waals surface area contributed by atoms with E-state index in [1.54, 1.807) is 6.92 Å². The van der Waals surface area contributed by atoms with Crippen LogP contribution in [0.2, 0.25) is 0 Å². The first-order valence-corrected chi connectivity index (χ1v) is 7.17. The molecule has 2 N–H and O–H groups in total. The van der Waals surface area contributed by atoms with Crippen molar-refractivity contribution in [3.05, 3.63) is 0 Å². The van der Waals surface area contributed by atoms with Crippen molar-refractivity contribution < 1.29 is 14.7 Å². The number of carbonyl (C=O) groups is 2. The van der Waals surface area contributed by atoms with Crippen molar-refractivity contribution in [1.82, 2.24) is 10.2 Å². The van der Waals surface area contributed by atoms with Crippen LogP contribution in [0.3, 0.4) is 0 Å². The number of aliphatic carboxylic acids is 1. The number of carboxylic acid groups (broad SMARTS) is 1. The monoisotopic (exact) mass is 270 g/mol. The maximum Gasteiger partial charge on any atom is 0.317 e. The number of nitrogens with zero attached hydrogens (tertiary/aromatic N) is 1. The number of nitrogens with one attached hydrogen (secondary N) is 1. The summed E-state index contributed by atoms with van der Waals surface area (Å²) in [5.41, 5.74) is 0. The summed E-state index contributed by atoms with van der Waals surface area (Å²) in [5, 5.41) is 11.6. The Balaban J connectivity index is 2.23. The van der Waals surface area contributed by atoms with Gasteiger partial charge in [0.2, 0.25) is 0 Å². The van der Waals surface area contributed by atoms with E-state index < -0.39 is 11.9 Å². The van der Waals surface area contributed by atoms with Crippen LogP contribution in [0.4, 0.5) is 4.79 Å². The molecule has 2 amide bonds. The van der Waals surface area contributed by atoms with Crippen molar-refractivity contribution in [3.8, 4) is 0 Å². The van der Waals surface area contributed by atoms with Crippen LogP contribution in [0.25, 0.3) is 0 Å². The lowest BCUT2D eigenvalue weighted by atomic mass is 9.87. The normalized spacial score (nSPS) is 18.4. The zero-order valence-corrected chi connectivity index (χ0v) is 12.2. The van der Waals surface area contributed by atoms with Gasteiger partial charge in [0.1, 0.15) is 0 Å². The zero-order chi connectivity index (χ0) is 14.4. The van der Waals surface area contributed by atoms with Gasteiger partial charge in [-0.2, -0.15) is 0 Å². The number of amides is 2. The molecule has 1 fully saturated rings. The fourth-order valence-electron chi connectivity index (χ4n) is 2.40. The molecule has 5 heteroatoms. The molecule has 1 rings (SSSR count). The van der Waals surface area contributed by atoms with Crippen LogP contribution in [-0.2, 0) is 4.79 Å². The number of carboxylic acids is 1. The molecule has 0 aromatic rings. The minimum absolute atomic E-state index is 0.0557. The van der Waals surface area contributed by atoms with Gasteiger partial charge in [0.15, 0.2) is 0 Å². The van der Waals surface area contributed by atoms with E-state index in [-0.39, 0.29) is 6.03 Å². The maximum atomic E-state index is 11.9. The van der Waals surface area contributed by atoms with Gasteiger partial charge in [-0.25, -0.2) is 4.79 Å². The summed E-state index contributed by atoms with van der Waals surface area (Å²) in [6.07, 6.45) is 2.61. The first-order chi connectivity index (χ1) is 8.91. The molecule has 1 unspecified atom stereocenters. The topological polar surface area (TPSA) is 69.6 Å². The third-order valence-corrected chi connectivity index (χ3v) is 4.04. The van der Waals surface area contributed by atoms with Crippen LogP contribution in [0.5, 0.6) is 0 Å². The number of likely N-dealkylation sites (tertiary alicyclic amines) is 1. The second kappa shape index (κ2) is 7.36. The lowest BCUT2D eigenvalue weighted by Crippen LogP contribution is -2.45. The van der Waals surface area contributed by atoms with Crippen molar-refractivity contribution >= 4 is 12.0 Å². The molecular formula is C14H26N2O3. The Labute approximate surface area is 115 Å². The molecule has 1 saturated heterocycles.